The van der Waals surface area contributed by atoms with Crippen LogP contribution in [0.3, 0.4) is 0 Å². The van der Waals surface area contributed by atoms with E-state index in [9.17, 15) is 22.4 Å². The van der Waals surface area contributed by atoms with Crippen LogP contribution in [0.5, 0.6) is 0 Å². The van der Waals surface area contributed by atoms with E-state index in [-0.39, 0.29) is 29.1 Å². The van der Waals surface area contributed by atoms with Gasteiger partial charge in [-0.25, -0.2) is 4.39 Å². The molecule has 0 bridgehead atoms. The van der Waals surface area contributed by atoms with Gasteiger partial charge in [0.05, 0.1) is 52.9 Å². The highest BCUT2D eigenvalue weighted by atomic mass is 35.5. The first kappa shape index (κ1) is 20.3. The van der Waals surface area contributed by atoms with Crippen LogP contribution < -0.4 is 10.6 Å². The quantitative estimate of drug-likeness (QED) is 0.712. The van der Waals surface area contributed by atoms with Gasteiger partial charge < -0.3 is 15.4 Å². The van der Waals surface area contributed by atoms with E-state index >= 15 is 0 Å². The summed E-state index contributed by atoms with van der Waals surface area (Å²) in [6.07, 6.45) is -2.87. The normalized spacial score (nSPS) is 16.8. The predicted molar refractivity (Wildman–Crippen MR) is 94.7 cm³/mol. The third kappa shape index (κ3) is 4.71. The van der Waals surface area contributed by atoms with E-state index < -0.39 is 23.2 Å². The van der Waals surface area contributed by atoms with Crippen LogP contribution in [-0.4, -0.2) is 24.1 Å². The Kier molecular flexibility index (Phi) is 6.04. The van der Waals surface area contributed by atoms with Crippen LogP contribution in [0.4, 0.5) is 28.9 Å². The van der Waals surface area contributed by atoms with E-state index in [4.69, 9.17) is 16.3 Å². The van der Waals surface area contributed by atoms with Crippen LogP contribution in [-0.2, 0) is 22.3 Å². The number of nitrogens with one attached hydrogen (secondary N) is 2. The van der Waals surface area contributed by atoms with Gasteiger partial charge >= 0.3 is 6.18 Å². The SMILES string of the molecule is O=C(NCc1ncc(Nc2c(F)cccc2C(F)(F)F)cc1Cl)[C@@H]1CCOC1. The second-order valence-electron chi connectivity index (χ2n) is 6.22. The lowest BCUT2D eigenvalue weighted by atomic mass is 10.1. The van der Waals surface area contributed by atoms with Crippen LogP contribution in [0.1, 0.15) is 17.7 Å². The highest BCUT2D eigenvalue weighted by Gasteiger charge is 2.34. The summed E-state index contributed by atoms with van der Waals surface area (Å²) in [5, 5.41) is 5.20. The third-order valence-electron chi connectivity index (χ3n) is 4.24. The van der Waals surface area contributed by atoms with Crippen molar-refractivity contribution in [2.45, 2.75) is 19.1 Å². The molecule has 10 heteroatoms. The van der Waals surface area contributed by atoms with Crippen LogP contribution in [0.2, 0.25) is 5.02 Å². The Morgan fingerprint density at radius 2 is 2.14 bits per heavy atom. The Labute approximate surface area is 163 Å². The monoisotopic (exact) mass is 417 g/mol. The Bertz CT molecular complexity index is 870. The maximum Gasteiger partial charge on any atom is 0.418 e. The van der Waals surface area contributed by atoms with E-state index in [0.29, 0.717) is 25.3 Å². The number of pyridine rings is 1. The second-order valence-corrected chi connectivity index (χ2v) is 6.62. The van der Waals surface area contributed by atoms with Crippen LogP contribution in [0.25, 0.3) is 0 Å². The molecule has 150 valence electrons. The zero-order chi connectivity index (χ0) is 20.3. The Morgan fingerprint density at radius 3 is 2.79 bits per heavy atom. The van der Waals surface area contributed by atoms with Gasteiger partial charge in [-0.3, -0.25) is 9.78 Å². The average Bonchev–Trinajstić information content (AvgIpc) is 3.16. The number of benzene rings is 1. The fourth-order valence-electron chi connectivity index (χ4n) is 2.75. The molecule has 1 aliphatic heterocycles. The van der Waals surface area contributed by atoms with Crippen molar-refractivity contribution in [1.82, 2.24) is 10.3 Å². The zero-order valence-electron chi connectivity index (χ0n) is 14.4. The van der Waals surface area contributed by atoms with Crippen molar-refractivity contribution in [3.8, 4) is 0 Å². The number of aromatic nitrogens is 1. The minimum atomic E-state index is -4.73. The molecule has 3 rings (SSSR count). The largest absolute Gasteiger partial charge is 0.418 e. The van der Waals surface area contributed by atoms with Gasteiger partial charge in [0.1, 0.15) is 5.82 Å². The summed E-state index contributed by atoms with van der Waals surface area (Å²) < 4.78 is 58.3. The molecule has 2 heterocycles. The van der Waals surface area contributed by atoms with Gasteiger partial charge in [0.2, 0.25) is 5.91 Å². The van der Waals surface area contributed by atoms with Gasteiger partial charge in [-0.1, -0.05) is 17.7 Å². The summed E-state index contributed by atoms with van der Waals surface area (Å²) in [5.41, 5.74) is -1.43. The molecule has 0 spiro atoms. The standard InChI is InChI=1S/C18H16ClF4N3O2/c19-13-6-11(26-16-12(18(21,22)23)2-1-3-14(16)20)7-24-15(13)8-25-17(27)10-4-5-28-9-10/h1-3,6-7,10,26H,4-5,8-9H2,(H,25,27)/t10-/m1/s1. The summed E-state index contributed by atoms with van der Waals surface area (Å²) in [4.78, 5) is 16.0. The fraction of sp³-hybridized carbons (Fsp3) is 0.333. The number of hydrogen-bond donors (Lipinski definition) is 2. The molecular weight excluding hydrogens is 402 g/mol. The van der Waals surface area contributed by atoms with Gasteiger partial charge in [-0.15, -0.1) is 0 Å². The van der Waals surface area contributed by atoms with Gasteiger partial charge in [0, 0.05) is 6.61 Å². The van der Waals surface area contributed by atoms with Crippen molar-refractivity contribution in [3.05, 3.63) is 52.6 Å². The summed E-state index contributed by atoms with van der Waals surface area (Å²) in [6.45, 7) is 0.954. The molecular formula is C18H16ClF4N3O2. The Balaban J connectivity index is 1.72. The maximum absolute atomic E-state index is 13.9. The smallest absolute Gasteiger partial charge is 0.381 e. The molecule has 1 aromatic heterocycles. The number of halogens is 5. The van der Waals surface area contributed by atoms with Crippen molar-refractivity contribution in [3.63, 3.8) is 0 Å². The number of nitrogens with zero attached hydrogens (tertiary/aromatic N) is 1. The molecule has 0 radical (unpaired) electrons. The van der Waals surface area contributed by atoms with E-state index in [2.05, 4.69) is 15.6 Å². The van der Waals surface area contributed by atoms with E-state index in [1.54, 1.807) is 0 Å². The van der Waals surface area contributed by atoms with Crippen LogP contribution in [0.15, 0.2) is 30.5 Å². The first-order chi connectivity index (χ1) is 13.3. The number of amides is 1. The number of rotatable bonds is 5. The molecule has 1 saturated heterocycles. The highest BCUT2D eigenvalue weighted by Crippen LogP contribution is 2.37. The molecule has 1 amide bonds. The molecule has 2 N–H and O–H groups in total. The number of ether oxygens (including phenoxy) is 1. The number of para-hydroxylation sites is 1. The van der Waals surface area contributed by atoms with Crippen molar-refractivity contribution in [2.75, 3.05) is 18.5 Å². The predicted octanol–water partition coefficient (Wildman–Crippen LogP) is 4.29. The van der Waals surface area contributed by atoms with E-state index in [1.807, 2.05) is 0 Å². The summed E-state index contributed by atoms with van der Waals surface area (Å²) in [6, 6.07) is 4.00. The summed E-state index contributed by atoms with van der Waals surface area (Å²) in [7, 11) is 0. The minimum absolute atomic E-state index is 0.0575. The molecule has 0 saturated carbocycles. The van der Waals surface area contributed by atoms with Crippen molar-refractivity contribution in [2.24, 2.45) is 5.92 Å². The molecule has 0 unspecified atom stereocenters. The van der Waals surface area contributed by atoms with Gasteiger partial charge in [-0.05, 0) is 24.6 Å². The lowest BCUT2D eigenvalue weighted by Crippen LogP contribution is -2.30. The van der Waals surface area contributed by atoms with E-state index in [1.165, 1.54) is 12.3 Å². The zero-order valence-corrected chi connectivity index (χ0v) is 15.2. The lowest BCUT2D eigenvalue weighted by Gasteiger charge is -2.16. The van der Waals surface area contributed by atoms with Crippen molar-refractivity contribution in [1.29, 1.82) is 0 Å². The van der Waals surface area contributed by atoms with Crippen LogP contribution in [0, 0.1) is 11.7 Å². The second kappa shape index (κ2) is 8.32. The highest BCUT2D eigenvalue weighted by molar-refractivity contribution is 6.31. The summed E-state index contributed by atoms with van der Waals surface area (Å²) >= 11 is 6.11. The Hall–Kier alpha value is -2.39. The number of hydrogen-bond acceptors (Lipinski definition) is 4. The summed E-state index contributed by atoms with van der Waals surface area (Å²) in [5.74, 6) is -1.46. The van der Waals surface area contributed by atoms with Gasteiger partial charge in [-0.2, -0.15) is 13.2 Å². The lowest BCUT2D eigenvalue weighted by molar-refractivity contribution is -0.137. The Morgan fingerprint density at radius 1 is 1.36 bits per heavy atom. The van der Waals surface area contributed by atoms with Gasteiger partial charge in [0.25, 0.3) is 0 Å². The first-order valence-corrected chi connectivity index (χ1v) is 8.76. The molecule has 0 aliphatic carbocycles. The van der Waals surface area contributed by atoms with Crippen molar-refractivity contribution < 1.29 is 27.1 Å². The maximum atomic E-state index is 13.9. The minimum Gasteiger partial charge on any atom is -0.381 e. The topological polar surface area (TPSA) is 63.2 Å². The first-order valence-electron chi connectivity index (χ1n) is 8.38. The fourth-order valence-corrected chi connectivity index (χ4v) is 2.99. The molecule has 28 heavy (non-hydrogen) atoms. The number of anilines is 2. The molecule has 2 aromatic rings. The number of carbonyl (C=O) groups is 1. The van der Waals surface area contributed by atoms with Gasteiger partial charge in [0.15, 0.2) is 0 Å². The van der Waals surface area contributed by atoms with Crippen molar-refractivity contribution >= 4 is 28.9 Å². The molecule has 1 aliphatic rings. The average molecular weight is 418 g/mol. The molecule has 1 atom stereocenters. The van der Waals surface area contributed by atoms with Crippen LogP contribution >= 0.6 is 11.6 Å². The molecule has 1 aromatic carbocycles. The number of carbonyl (C=O) groups excluding carboxylic acids is 1. The van der Waals surface area contributed by atoms with E-state index in [0.717, 1.165) is 18.2 Å². The molecule has 1 fully saturated rings. The molecule has 5 nitrogen and oxygen atoms in total. The number of alkyl halides is 3. The third-order valence-corrected chi connectivity index (χ3v) is 4.56.